The Bertz CT molecular complexity index is 468. The smallest absolute Gasteiger partial charge is 0.0427 e. The molecule has 20 heavy (non-hydrogen) atoms. The van der Waals surface area contributed by atoms with Crippen molar-refractivity contribution in [2.75, 3.05) is 13.1 Å². The summed E-state index contributed by atoms with van der Waals surface area (Å²) in [6, 6.07) is 7.65. The third-order valence-electron chi connectivity index (χ3n) is 5.36. The van der Waals surface area contributed by atoms with Gasteiger partial charge in [-0.1, -0.05) is 30.2 Å². The fourth-order valence-corrected chi connectivity index (χ4v) is 4.38. The van der Waals surface area contributed by atoms with Gasteiger partial charge < -0.3 is 5.73 Å². The molecule has 3 unspecified atom stereocenters. The SMILES string of the molecule is Cc1ccc(C(N)CN2CCCC3CCCC32)c(C)c1. The summed E-state index contributed by atoms with van der Waals surface area (Å²) in [7, 11) is 0. The molecular weight excluding hydrogens is 244 g/mol. The molecule has 2 aliphatic rings. The van der Waals surface area contributed by atoms with Crippen LogP contribution in [0, 0.1) is 19.8 Å². The normalized spacial score (nSPS) is 28.4. The number of rotatable bonds is 3. The molecule has 0 radical (unpaired) electrons. The molecule has 1 aliphatic heterocycles. The Hall–Kier alpha value is -0.860. The average molecular weight is 272 g/mol. The lowest BCUT2D eigenvalue weighted by Crippen LogP contribution is -2.45. The first-order valence-corrected chi connectivity index (χ1v) is 8.22. The zero-order chi connectivity index (χ0) is 14.1. The van der Waals surface area contributed by atoms with E-state index in [1.165, 1.54) is 55.3 Å². The predicted octanol–water partition coefficient (Wildman–Crippen LogP) is 3.57. The van der Waals surface area contributed by atoms with Gasteiger partial charge in [-0.25, -0.2) is 0 Å². The lowest BCUT2D eigenvalue weighted by molar-refractivity contribution is 0.106. The van der Waals surface area contributed by atoms with Crippen LogP contribution in [0.3, 0.4) is 0 Å². The van der Waals surface area contributed by atoms with Gasteiger partial charge in [-0.3, -0.25) is 4.90 Å². The highest BCUT2D eigenvalue weighted by atomic mass is 15.2. The number of piperidine rings is 1. The van der Waals surface area contributed by atoms with Crippen molar-refractivity contribution in [3.8, 4) is 0 Å². The summed E-state index contributed by atoms with van der Waals surface area (Å²) in [6.45, 7) is 6.62. The van der Waals surface area contributed by atoms with Crippen LogP contribution in [0.15, 0.2) is 18.2 Å². The largest absolute Gasteiger partial charge is 0.323 e. The maximum absolute atomic E-state index is 6.52. The van der Waals surface area contributed by atoms with Gasteiger partial charge in [-0.15, -0.1) is 0 Å². The van der Waals surface area contributed by atoms with Crippen LogP contribution in [-0.4, -0.2) is 24.0 Å². The molecule has 2 fully saturated rings. The lowest BCUT2D eigenvalue weighted by Gasteiger charge is -2.39. The van der Waals surface area contributed by atoms with E-state index in [1.54, 1.807) is 0 Å². The molecule has 2 heteroatoms. The number of hydrogen-bond donors (Lipinski definition) is 1. The van der Waals surface area contributed by atoms with Crippen molar-refractivity contribution in [3.05, 3.63) is 34.9 Å². The van der Waals surface area contributed by atoms with Crippen LogP contribution in [0.25, 0.3) is 0 Å². The summed E-state index contributed by atoms with van der Waals surface area (Å²) in [5.41, 5.74) is 10.5. The van der Waals surface area contributed by atoms with Gasteiger partial charge in [0.15, 0.2) is 0 Å². The van der Waals surface area contributed by atoms with E-state index in [0.29, 0.717) is 0 Å². The lowest BCUT2D eigenvalue weighted by atomic mass is 9.91. The number of nitrogens with zero attached hydrogens (tertiary/aromatic N) is 1. The van der Waals surface area contributed by atoms with E-state index in [0.717, 1.165) is 18.5 Å². The van der Waals surface area contributed by atoms with Crippen molar-refractivity contribution in [1.29, 1.82) is 0 Å². The highest BCUT2D eigenvalue weighted by Gasteiger charge is 2.35. The molecule has 3 rings (SSSR count). The third kappa shape index (κ3) is 2.77. The van der Waals surface area contributed by atoms with Crippen molar-refractivity contribution in [3.63, 3.8) is 0 Å². The average Bonchev–Trinajstić information content (AvgIpc) is 2.87. The first-order valence-electron chi connectivity index (χ1n) is 8.22. The maximum Gasteiger partial charge on any atom is 0.0427 e. The second-order valence-electron chi connectivity index (χ2n) is 6.86. The molecule has 1 saturated heterocycles. The first-order chi connectivity index (χ1) is 9.65. The minimum absolute atomic E-state index is 0.162. The fraction of sp³-hybridized carbons (Fsp3) is 0.667. The Kier molecular flexibility index (Phi) is 4.13. The van der Waals surface area contributed by atoms with E-state index in [2.05, 4.69) is 36.9 Å². The zero-order valence-corrected chi connectivity index (χ0v) is 12.9. The maximum atomic E-state index is 6.52. The minimum Gasteiger partial charge on any atom is -0.323 e. The Balaban J connectivity index is 1.70. The topological polar surface area (TPSA) is 29.3 Å². The Morgan fingerprint density at radius 3 is 2.80 bits per heavy atom. The van der Waals surface area contributed by atoms with E-state index in [4.69, 9.17) is 5.73 Å². The summed E-state index contributed by atoms with van der Waals surface area (Å²) in [5, 5.41) is 0. The van der Waals surface area contributed by atoms with Crippen LogP contribution in [0.1, 0.15) is 54.8 Å². The van der Waals surface area contributed by atoms with Crippen molar-refractivity contribution in [1.82, 2.24) is 4.90 Å². The molecule has 1 aromatic carbocycles. The molecule has 1 heterocycles. The monoisotopic (exact) mass is 272 g/mol. The number of likely N-dealkylation sites (tertiary alicyclic amines) is 1. The number of fused-ring (bicyclic) bond motifs is 1. The predicted molar refractivity (Wildman–Crippen MR) is 84.8 cm³/mol. The number of nitrogens with two attached hydrogens (primary N) is 1. The van der Waals surface area contributed by atoms with Crippen LogP contribution < -0.4 is 5.73 Å². The summed E-state index contributed by atoms with van der Waals surface area (Å²) in [4.78, 5) is 2.69. The van der Waals surface area contributed by atoms with Crippen LogP contribution in [0.5, 0.6) is 0 Å². The Morgan fingerprint density at radius 1 is 1.20 bits per heavy atom. The van der Waals surface area contributed by atoms with E-state index < -0.39 is 0 Å². The van der Waals surface area contributed by atoms with E-state index in [-0.39, 0.29) is 6.04 Å². The molecule has 2 N–H and O–H groups in total. The quantitative estimate of drug-likeness (QED) is 0.911. The van der Waals surface area contributed by atoms with E-state index >= 15 is 0 Å². The van der Waals surface area contributed by atoms with Gasteiger partial charge >= 0.3 is 0 Å². The van der Waals surface area contributed by atoms with E-state index in [9.17, 15) is 0 Å². The molecule has 0 spiro atoms. The summed E-state index contributed by atoms with van der Waals surface area (Å²) in [5.74, 6) is 0.954. The highest BCUT2D eigenvalue weighted by Crippen LogP contribution is 2.37. The van der Waals surface area contributed by atoms with Crippen LogP contribution in [0.2, 0.25) is 0 Å². The van der Waals surface area contributed by atoms with Gasteiger partial charge in [-0.05, 0) is 63.1 Å². The van der Waals surface area contributed by atoms with Crippen molar-refractivity contribution in [2.45, 2.75) is 58.0 Å². The van der Waals surface area contributed by atoms with Crippen molar-refractivity contribution >= 4 is 0 Å². The van der Waals surface area contributed by atoms with Crippen LogP contribution in [-0.2, 0) is 0 Å². The van der Waals surface area contributed by atoms with E-state index in [1.807, 2.05) is 0 Å². The third-order valence-corrected chi connectivity index (χ3v) is 5.36. The minimum atomic E-state index is 0.162. The molecule has 1 aromatic rings. The molecular formula is C18H28N2. The van der Waals surface area contributed by atoms with Crippen molar-refractivity contribution in [2.24, 2.45) is 11.7 Å². The second kappa shape index (κ2) is 5.87. The highest BCUT2D eigenvalue weighted by molar-refractivity contribution is 5.32. The zero-order valence-electron chi connectivity index (χ0n) is 12.9. The number of hydrogen-bond acceptors (Lipinski definition) is 2. The molecule has 1 saturated carbocycles. The standard InChI is InChI=1S/C18H28N2/c1-13-8-9-16(14(2)11-13)17(19)12-20-10-4-6-15-5-3-7-18(15)20/h8-9,11,15,17-18H,3-7,10,12,19H2,1-2H3. The molecule has 2 nitrogen and oxygen atoms in total. The molecule has 1 aliphatic carbocycles. The van der Waals surface area contributed by atoms with Crippen LogP contribution >= 0.6 is 0 Å². The summed E-state index contributed by atoms with van der Waals surface area (Å²) in [6.07, 6.45) is 7.07. The first kappa shape index (κ1) is 14.1. The van der Waals surface area contributed by atoms with Crippen LogP contribution in [0.4, 0.5) is 0 Å². The molecule has 0 bridgehead atoms. The fourth-order valence-electron chi connectivity index (χ4n) is 4.38. The van der Waals surface area contributed by atoms with Gasteiger partial charge in [0.1, 0.15) is 0 Å². The molecule has 3 atom stereocenters. The van der Waals surface area contributed by atoms with Gasteiger partial charge in [0, 0.05) is 18.6 Å². The van der Waals surface area contributed by atoms with Gasteiger partial charge in [0.05, 0.1) is 0 Å². The Morgan fingerprint density at radius 2 is 2.00 bits per heavy atom. The summed E-state index contributed by atoms with van der Waals surface area (Å²) < 4.78 is 0. The molecule has 0 aromatic heterocycles. The molecule has 110 valence electrons. The van der Waals surface area contributed by atoms with Gasteiger partial charge in [0.25, 0.3) is 0 Å². The number of aryl methyl sites for hydroxylation is 2. The molecule has 0 amide bonds. The summed E-state index contributed by atoms with van der Waals surface area (Å²) >= 11 is 0. The van der Waals surface area contributed by atoms with Gasteiger partial charge in [0.2, 0.25) is 0 Å². The number of benzene rings is 1. The van der Waals surface area contributed by atoms with Crippen molar-refractivity contribution < 1.29 is 0 Å². The Labute approximate surface area is 123 Å². The van der Waals surface area contributed by atoms with Gasteiger partial charge in [-0.2, -0.15) is 0 Å². The second-order valence-corrected chi connectivity index (χ2v) is 6.86.